The highest BCUT2D eigenvalue weighted by molar-refractivity contribution is 7.18. The van der Waals surface area contributed by atoms with Gasteiger partial charge in [0, 0.05) is 12.7 Å². The highest BCUT2D eigenvalue weighted by atomic mass is 32.1. The summed E-state index contributed by atoms with van der Waals surface area (Å²) in [6.45, 7) is 3.41. The molecule has 26 heavy (non-hydrogen) atoms. The molecule has 2 unspecified atom stereocenters. The molecule has 0 bridgehead atoms. The Morgan fingerprint density at radius 1 is 1.31 bits per heavy atom. The van der Waals surface area contributed by atoms with Crippen molar-refractivity contribution in [3.8, 4) is 0 Å². The van der Waals surface area contributed by atoms with Gasteiger partial charge in [-0.15, -0.1) is 11.3 Å². The van der Waals surface area contributed by atoms with E-state index in [0.29, 0.717) is 6.54 Å². The molecule has 5 nitrogen and oxygen atoms in total. The number of likely N-dealkylation sites (tertiary alicyclic amines) is 1. The number of piperidine rings is 1. The summed E-state index contributed by atoms with van der Waals surface area (Å²) in [6.07, 6.45) is 3.48. The average Bonchev–Trinajstić information content (AvgIpc) is 3.07. The number of aromatic nitrogens is 2. The number of aliphatic carboxylic acids is 1. The van der Waals surface area contributed by atoms with Crippen LogP contribution in [0.3, 0.4) is 0 Å². The summed E-state index contributed by atoms with van der Waals surface area (Å²) in [6, 6.07) is 12.1. The average molecular weight is 367 g/mol. The molecule has 6 heteroatoms. The van der Waals surface area contributed by atoms with Crippen molar-refractivity contribution in [2.24, 2.45) is 5.92 Å². The lowest BCUT2D eigenvalue weighted by molar-refractivity contribution is -0.143. The minimum atomic E-state index is -0.713. The van der Waals surface area contributed by atoms with E-state index in [4.69, 9.17) is 4.98 Å². The number of nitrogens with zero attached hydrogens (tertiary/aromatic N) is 3. The maximum atomic E-state index is 11.5. The van der Waals surface area contributed by atoms with Gasteiger partial charge < -0.3 is 5.11 Å². The molecule has 134 valence electrons. The molecule has 0 spiro atoms. The minimum Gasteiger partial charge on any atom is -0.481 e. The molecule has 0 aliphatic carbocycles. The van der Waals surface area contributed by atoms with Gasteiger partial charge in [0.05, 0.1) is 21.8 Å². The Labute approximate surface area is 156 Å². The van der Waals surface area contributed by atoms with E-state index in [-0.39, 0.29) is 12.0 Å². The zero-order valence-electron chi connectivity index (χ0n) is 14.6. The molecule has 2 atom stereocenters. The van der Waals surface area contributed by atoms with Crippen LogP contribution < -0.4 is 0 Å². The third kappa shape index (κ3) is 3.34. The summed E-state index contributed by atoms with van der Waals surface area (Å²) in [4.78, 5) is 23.3. The summed E-state index contributed by atoms with van der Waals surface area (Å²) in [5, 5.41) is 10.5. The monoisotopic (exact) mass is 367 g/mol. The summed E-state index contributed by atoms with van der Waals surface area (Å²) >= 11 is 1.67. The number of fused-ring (bicyclic) bond motifs is 1. The van der Waals surface area contributed by atoms with E-state index in [2.05, 4.69) is 22.0 Å². The predicted molar refractivity (Wildman–Crippen MR) is 102 cm³/mol. The molecule has 0 amide bonds. The Bertz CT molecular complexity index is 889. The fourth-order valence-electron chi connectivity index (χ4n) is 3.56. The van der Waals surface area contributed by atoms with Crippen LogP contribution in [0.4, 0.5) is 0 Å². The molecule has 0 radical (unpaired) electrons. The SMILES string of the molecule is Cc1ccc(C(c2nc3ccccc3s2)N2CCCC(C(=O)O)C2)nc1. The van der Waals surface area contributed by atoms with Gasteiger partial charge in [-0.3, -0.25) is 14.7 Å². The van der Waals surface area contributed by atoms with E-state index < -0.39 is 5.97 Å². The third-order valence-electron chi connectivity index (χ3n) is 4.93. The molecule has 1 fully saturated rings. The summed E-state index contributed by atoms with van der Waals surface area (Å²) in [5.41, 5.74) is 3.02. The molecule has 2 aromatic heterocycles. The highest BCUT2D eigenvalue weighted by Crippen LogP contribution is 2.36. The molecule has 1 aliphatic heterocycles. The first-order valence-electron chi connectivity index (χ1n) is 8.86. The van der Waals surface area contributed by atoms with Crippen molar-refractivity contribution in [2.45, 2.75) is 25.8 Å². The smallest absolute Gasteiger partial charge is 0.307 e. The normalized spacial score (nSPS) is 19.5. The number of rotatable bonds is 4. The Hall–Kier alpha value is -2.31. The van der Waals surface area contributed by atoms with Gasteiger partial charge >= 0.3 is 5.97 Å². The number of pyridine rings is 1. The zero-order valence-corrected chi connectivity index (χ0v) is 15.4. The van der Waals surface area contributed by atoms with Gasteiger partial charge in [0.15, 0.2) is 0 Å². The van der Waals surface area contributed by atoms with Crippen LogP contribution in [-0.2, 0) is 4.79 Å². The molecule has 1 aliphatic rings. The lowest BCUT2D eigenvalue weighted by atomic mass is 9.96. The summed E-state index contributed by atoms with van der Waals surface area (Å²) < 4.78 is 1.14. The number of benzene rings is 1. The van der Waals surface area contributed by atoms with E-state index in [1.807, 2.05) is 37.4 Å². The van der Waals surface area contributed by atoms with Crippen molar-refractivity contribution in [3.63, 3.8) is 0 Å². The van der Waals surface area contributed by atoms with E-state index in [1.165, 1.54) is 0 Å². The van der Waals surface area contributed by atoms with Crippen LogP contribution in [0.25, 0.3) is 10.2 Å². The van der Waals surface area contributed by atoms with Crippen molar-refractivity contribution in [1.82, 2.24) is 14.9 Å². The second kappa shape index (κ2) is 7.13. The number of thiazole rings is 1. The molecule has 1 aromatic carbocycles. The quantitative estimate of drug-likeness (QED) is 0.758. The van der Waals surface area contributed by atoms with Gasteiger partial charge in [-0.25, -0.2) is 4.98 Å². The number of carboxylic acid groups (broad SMARTS) is 1. The van der Waals surface area contributed by atoms with Crippen LogP contribution in [0.1, 0.15) is 35.1 Å². The van der Waals surface area contributed by atoms with Gasteiger partial charge in [0.1, 0.15) is 11.0 Å². The lowest BCUT2D eigenvalue weighted by Gasteiger charge is -2.35. The fourth-order valence-corrected chi connectivity index (χ4v) is 4.68. The van der Waals surface area contributed by atoms with Crippen LogP contribution in [0.15, 0.2) is 42.6 Å². The van der Waals surface area contributed by atoms with Crippen molar-refractivity contribution < 1.29 is 9.90 Å². The topological polar surface area (TPSA) is 66.3 Å². The number of para-hydroxylation sites is 1. The maximum Gasteiger partial charge on any atom is 0.307 e. The van der Waals surface area contributed by atoms with Gasteiger partial charge in [0.2, 0.25) is 0 Å². The van der Waals surface area contributed by atoms with Gasteiger partial charge in [0.25, 0.3) is 0 Å². The van der Waals surface area contributed by atoms with Gasteiger partial charge in [-0.1, -0.05) is 18.2 Å². The van der Waals surface area contributed by atoms with Crippen molar-refractivity contribution in [3.05, 3.63) is 58.9 Å². The molecular weight excluding hydrogens is 346 g/mol. The molecule has 3 aromatic rings. The Kier molecular flexibility index (Phi) is 4.70. The van der Waals surface area contributed by atoms with Crippen molar-refractivity contribution in [2.75, 3.05) is 13.1 Å². The number of carboxylic acids is 1. The first-order valence-corrected chi connectivity index (χ1v) is 9.68. The molecule has 3 heterocycles. The number of carbonyl (C=O) groups is 1. The molecule has 1 saturated heterocycles. The van der Waals surface area contributed by atoms with Gasteiger partial charge in [-0.05, 0) is 50.1 Å². The Balaban J connectivity index is 1.76. The molecular formula is C20H21N3O2S. The van der Waals surface area contributed by atoms with Crippen LogP contribution in [0.5, 0.6) is 0 Å². The second-order valence-electron chi connectivity index (χ2n) is 6.86. The van der Waals surface area contributed by atoms with E-state index in [9.17, 15) is 9.90 Å². The Morgan fingerprint density at radius 2 is 2.15 bits per heavy atom. The lowest BCUT2D eigenvalue weighted by Crippen LogP contribution is -2.41. The zero-order chi connectivity index (χ0) is 18.1. The molecule has 1 N–H and O–H groups in total. The predicted octanol–water partition coefficient (Wildman–Crippen LogP) is 3.89. The van der Waals surface area contributed by atoms with E-state index >= 15 is 0 Å². The molecule has 4 rings (SSSR count). The standard InChI is InChI=1S/C20H21N3O2S/c1-13-8-9-16(21-11-13)18(23-10-4-5-14(12-23)20(24)25)19-22-15-6-2-3-7-17(15)26-19/h2-3,6-9,11,14,18H,4-5,10,12H2,1H3,(H,24,25). The number of hydrogen-bond donors (Lipinski definition) is 1. The largest absolute Gasteiger partial charge is 0.481 e. The second-order valence-corrected chi connectivity index (χ2v) is 7.92. The van der Waals surface area contributed by atoms with Crippen molar-refractivity contribution >= 4 is 27.5 Å². The third-order valence-corrected chi connectivity index (χ3v) is 6.01. The van der Waals surface area contributed by atoms with E-state index in [1.54, 1.807) is 11.3 Å². The fraction of sp³-hybridized carbons (Fsp3) is 0.350. The van der Waals surface area contributed by atoms with E-state index in [0.717, 1.165) is 45.9 Å². The van der Waals surface area contributed by atoms with Gasteiger partial charge in [-0.2, -0.15) is 0 Å². The number of aryl methyl sites for hydroxylation is 1. The first-order chi connectivity index (χ1) is 12.6. The Morgan fingerprint density at radius 3 is 2.88 bits per heavy atom. The van der Waals surface area contributed by atoms with Crippen LogP contribution in [0, 0.1) is 12.8 Å². The summed E-state index contributed by atoms with van der Waals surface area (Å²) in [5.74, 6) is -1.04. The maximum absolute atomic E-state index is 11.5. The number of hydrogen-bond acceptors (Lipinski definition) is 5. The van der Waals surface area contributed by atoms with Crippen LogP contribution in [-0.4, -0.2) is 39.0 Å². The van der Waals surface area contributed by atoms with Crippen LogP contribution in [0.2, 0.25) is 0 Å². The molecule has 0 saturated carbocycles. The first kappa shape index (κ1) is 17.1. The highest BCUT2D eigenvalue weighted by Gasteiger charge is 2.33. The van der Waals surface area contributed by atoms with Crippen molar-refractivity contribution in [1.29, 1.82) is 0 Å². The summed E-state index contributed by atoms with van der Waals surface area (Å²) in [7, 11) is 0. The van der Waals surface area contributed by atoms with Crippen LogP contribution >= 0.6 is 11.3 Å². The minimum absolute atomic E-state index is 0.102.